The van der Waals surface area contributed by atoms with E-state index in [1.54, 1.807) is 17.0 Å². The predicted octanol–water partition coefficient (Wildman–Crippen LogP) is 5.88. The number of carbonyl (C=O) groups is 1. The van der Waals surface area contributed by atoms with Crippen LogP contribution in [-0.2, 0) is 4.79 Å². The Hall–Kier alpha value is -2.31. The zero-order chi connectivity index (χ0) is 22.8. The van der Waals surface area contributed by atoms with Gasteiger partial charge in [-0.05, 0) is 53.6 Å². The normalized spacial score (nSPS) is 17.3. The molecule has 32 heavy (non-hydrogen) atoms. The molecule has 3 aromatic rings. The third-order valence-electron chi connectivity index (χ3n) is 5.66. The number of rotatable bonds is 4. The van der Waals surface area contributed by atoms with E-state index in [2.05, 4.69) is 4.90 Å². The first-order valence-electron chi connectivity index (χ1n) is 10.1. The molecule has 0 aliphatic carbocycles. The van der Waals surface area contributed by atoms with Crippen LogP contribution < -0.4 is 10.6 Å². The van der Waals surface area contributed by atoms with Crippen molar-refractivity contribution in [3.63, 3.8) is 0 Å². The van der Waals surface area contributed by atoms with Crippen LogP contribution in [-0.4, -0.2) is 30.4 Å². The van der Waals surface area contributed by atoms with Gasteiger partial charge < -0.3 is 15.5 Å². The van der Waals surface area contributed by atoms with Gasteiger partial charge in [-0.2, -0.15) is 0 Å². The summed E-state index contributed by atoms with van der Waals surface area (Å²) in [6.45, 7) is 1.43. The first kappa shape index (κ1) is 22.9. The largest absolute Gasteiger partial charge is 0.360 e. The molecule has 8 heteroatoms. The molecule has 166 valence electrons. The summed E-state index contributed by atoms with van der Waals surface area (Å²) in [4.78, 5) is 17.1. The summed E-state index contributed by atoms with van der Waals surface area (Å²) in [5.74, 6) is -0.581. The summed E-state index contributed by atoms with van der Waals surface area (Å²) in [5, 5.41) is 1.73. The maximum atomic E-state index is 13.3. The van der Waals surface area contributed by atoms with E-state index >= 15 is 0 Å². The lowest BCUT2D eigenvalue weighted by atomic mass is 9.99. The third-order valence-corrected chi connectivity index (χ3v) is 6.45. The Morgan fingerprint density at radius 3 is 2.25 bits per heavy atom. The number of anilines is 1. The van der Waals surface area contributed by atoms with E-state index in [4.69, 9.17) is 40.5 Å². The summed E-state index contributed by atoms with van der Waals surface area (Å²) >= 11 is 18.7. The highest BCUT2D eigenvalue weighted by molar-refractivity contribution is 6.36. The van der Waals surface area contributed by atoms with E-state index in [-0.39, 0.29) is 17.8 Å². The molecule has 1 amide bonds. The Morgan fingerprint density at radius 2 is 1.59 bits per heavy atom. The van der Waals surface area contributed by atoms with Gasteiger partial charge in [0.05, 0.1) is 16.8 Å². The van der Waals surface area contributed by atoms with E-state index < -0.39 is 6.04 Å². The quantitative estimate of drug-likeness (QED) is 0.495. The minimum absolute atomic E-state index is 0.163. The average Bonchev–Trinajstić information content (AvgIpc) is 2.79. The molecular weight excluding hydrogens is 472 g/mol. The van der Waals surface area contributed by atoms with Crippen molar-refractivity contribution >= 4 is 46.4 Å². The molecule has 2 atom stereocenters. The second-order valence-electron chi connectivity index (χ2n) is 7.67. The smallest absolute Gasteiger partial charge is 0.244 e. The second-order valence-corrected chi connectivity index (χ2v) is 8.95. The highest BCUT2D eigenvalue weighted by Crippen LogP contribution is 2.37. The molecule has 1 saturated heterocycles. The van der Waals surface area contributed by atoms with Crippen molar-refractivity contribution in [3.8, 4) is 0 Å². The highest BCUT2D eigenvalue weighted by Gasteiger charge is 2.34. The van der Waals surface area contributed by atoms with Crippen LogP contribution in [0.25, 0.3) is 0 Å². The van der Waals surface area contributed by atoms with Crippen molar-refractivity contribution in [1.29, 1.82) is 0 Å². The summed E-state index contributed by atoms with van der Waals surface area (Å²) < 4.78 is 13.3. The van der Waals surface area contributed by atoms with Gasteiger partial charge in [0.1, 0.15) is 11.9 Å². The van der Waals surface area contributed by atoms with Gasteiger partial charge in [0.2, 0.25) is 5.91 Å². The van der Waals surface area contributed by atoms with Gasteiger partial charge in [-0.3, -0.25) is 4.79 Å². The zero-order valence-corrected chi connectivity index (χ0v) is 19.3. The number of piperazine rings is 1. The fourth-order valence-corrected chi connectivity index (χ4v) is 4.61. The average molecular weight is 493 g/mol. The Balaban J connectivity index is 1.63. The van der Waals surface area contributed by atoms with Crippen molar-refractivity contribution < 1.29 is 9.18 Å². The van der Waals surface area contributed by atoms with Gasteiger partial charge >= 0.3 is 0 Å². The first-order valence-corrected chi connectivity index (χ1v) is 11.2. The van der Waals surface area contributed by atoms with E-state index in [0.717, 1.165) is 11.3 Å². The lowest BCUT2D eigenvalue weighted by Gasteiger charge is -2.44. The number of nitrogens with zero attached hydrogens (tertiary/aromatic N) is 2. The van der Waals surface area contributed by atoms with Crippen LogP contribution in [0.4, 0.5) is 10.1 Å². The number of benzene rings is 3. The molecule has 4 nitrogen and oxygen atoms in total. The van der Waals surface area contributed by atoms with Gasteiger partial charge in [0, 0.05) is 29.7 Å². The van der Waals surface area contributed by atoms with Crippen LogP contribution in [0.15, 0.2) is 66.7 Å². The van der Waals surface area contributed by atoms with Crippen LogP contribution in [0, 0.1) is 5.82 Å². The number of carbonyl (C=O) groups excluding carboxylic acids is 1. The molecule has 0 bridgehead atoms. The summed E-state index contributed by atoms with van der Waals surface area (Å²) in [7, 11) is 0. The molecule has 1 aliphatic rings. The lowest BCUT2D eigenvalue weighted by molar-refractivity contribution is -0.133. The molecule has 4 rings (SSSR count). The van der Waals surface area contributed by atoms with Gasteiger partial charge in [-0.15, -0.1) is 0 Å². The SMILES string of the molecule is N[C@@H](C(=O)N1CCN(c2ccc(Cl)cc2Cl)[C@H](c2ccc(Cl)cc2)C1)c1ccc(F)cc1. The number of nitrogens with two attached hydrogens (primary N) is 1. The molecule has 0 radical (unpaired) electrons. The van der Waals surface area contributed by atoms with E-state index in [1.165, 1.54) is 24.3 Å². The Labute approximate surface area is 201 Å². The van der Waals surface area contributed by atoms with Crippen molar-refractivity contribution in [2.45, 2.75) is 12.1 Å². The minimum Gasteiger partial charge on any atom is -0.360 e. The first-order chi connectivity index (χ1) is 15.3. The van der Waals surface area contributed by atoms with Crippen molar-refractivity contribution in [3.05, 3.63) is 98.7 Å². The Morgan fingerprint density at radius 1 is 0.938 bits per heavy atom. The van der Waals surface area contributed by atoms with Crippen LogP contribution in [0.5, 0.6) is 0 Å². The van der Waals surface area contributed by atoms with Gasteiger partial charge in [-0.25, -0.2) is 4.39 Å². The van der Waals surface area contributed by atoms with Gasteiger partial charge in [0.15, 0.2) is 0 Å². The summed E-state index contributed by atoms with van der Waals surface area (Å²) in [6.07, 6.45) is 0. The number of hydrogen-bond donors (Lipinski definition) is 1. The highest BCUT2D eigenvalue weighted by atomic mass is 35.5. The molecule has 1 heterocycles. The van der Waals surface area contributed by atoms with E-state index in [1.807, 2.05) is 30.3 Å². The van der Waals surface area contributed by atoms with Crippen LogP contribution in [0.2, 0.25) is 15.1 Å². The van der Waals surface area contributed by atoms with Crippen molar-refractivity contribution in [1.82, 2.24) is 4.90 Å². The van der Waals surface area contributed by atoms with Crippen molar-refractivity contribution in [2.75, 3.05) is 24.5 Å². The number of halogens is 4. The molecule has 1 aliphatic heterocycles. The monoisotopic (exact) mass is 491 g/mol. The van der Waals surface area contributed by atoms with Gasteiger partial charge in [0.25, 0.3) is 0 Å². The lowest BCUT2D eigenvalue weighted by Crippen LogP contribution is -2.52. The van der Waals surface area contributed by atoms with Gasteiger partial charge in [-0.1, -0.05) is 59.1 Å². The van der Waals surface area contributed by atoms with E-state index in [9.17, 15) is 9.18 Å². The Bertz CT molecular complexity index is 1110. The van der Waals surface area contributed by atoms with E-state index in [0.29, 0.717) is 40.3 Å². The fourth-order valence-electron chi connectivity index (χ4n) is 3.97. The summed E-state index contributed by atoms with van der Waals surface area (Å²) in [6, 6.07) is 17.6. The molecule has 0 aromatic heterocycles. The number of hydrogen-bond acceptors (Lipinski definition) is 3. The van der Waals surface area contributed by atoms with Crippen LogP contribution >= 0.6 is 34.8 Å². The fraction of sp³-hybridized carbons (Fsp3) is 0.208. The Kier molecular flexibility index (Phi) is 6.91. The van der Waals surface area contributed by atoms with Crippen LogP contribution in [0.3, 0.4) is 0 Å². The zero-order valence-electron chi connectivity index (χ0n) is 17.0. The molecule has 0 unspecified atom stereocenters. The molecular formula is C24H21Cl3FN3O. The number of amides is 1. The third kappa shape index (κ3) is 4.86. The molecule has 1 fully saturated rings. The molecule has 3 aromatic carbocycles. The van der Waals surface area contributed by atoms with Crippen LogP contribution in [0.1, 0.15) is 23.2 Å². The molecule has 0 spiro atoms. The predicted molar refractivity (Wildman–Crippen MR) is 128 cm³/mol. The standard InChI is InChI=1S/C24H21Cl3FN3O/c25-17-5-1-15(2-6-17)22-14-30(24(32)23(29)16-3-8-19(28)9-4-16)11-12-31(22)21-10-7-18(26)13-20(21)27/h1-10,13,22-23H,11-12,14,29H2/t22-,23+/m0/s1. The summed E-state index contributed by atoms with van der Waals surface area (Å²) in [5.41, 5.74) is 8.63. The second kappa shape index (κ2) is 9.67. The van der Waals surface area contributed by atoms with Crippen molar-refractivity contribution in [2.24, 2.45) is 5.73 Å². The molecule has 2 N–H and O–H groups in total. The topological polar surface area (TPSA) is 49.6 Å². The maximum absolute atomic E-state index is 13.3. The maximum Gasteiger partial charge on any atom is 0.244 e. The minimum atomic E-state index is -0.868. The molecule has 0 saturated carbocycles.